The molecule has 3 rings (SSSR count). The van der Waals surface area contributed by atoms with Crippen molar-refractivity contribution in [3.63, 3.8) is 0 Å². The highest BCUT2D eigenvalue weighted by molar-refractivity contribution is 7.09. The van der Waals surface area contributed by atoms with E-state index in [4.69, 9.17) is 0 Å². The average Bonchev–Trinajstić information content (AvgIpc) is 3.29. The van der Waals surface area contributed by atoms with Crippen LogP contribution in [0.3, 0.4) is 0 Å². The number of aldehydes is 1. The molecule has 0 saturated carbocycles. The maximum atomic E-state index is 13.0. The summed E-state index contributed by atoms with van der Waals surface area (Å²) in [6, 6.07) is 0.627. The van der Waals surface area contributed by atoms with Crippen LogP contribution in [0.2, 0.25) is 0 Å². The number of halogens is 4. The molecule has 0 radical (unpaired) electrons. The summed E-state index contributed by atoms with van der Waals surface area (Å²) in [6.45, 7) is 0.280. The Balaban J connectivity index is 1.62. The van der Waals surface area contributed by atoms with E-state index in [-0.39, 0.29) is 5.92 Å². The quantitative estimate of drug-likeness (QED) is 0.547. The monoisotopic (exact) mass is 404 g/mol. The third kappa shape index (κ3) is 4.34. The van der Waals surface area contributed by atoms with Gasteiger partial charge in [0.15, 0.2) is 6.29 Å². The van der Waals surface area contributed by atoms with E-state index < -0.39 is 36.7 Å². The van der Waals surface area contributed by atoms with Crippen LogP contribution in [0.25, 0.3) is 0 Å². The second kappa shape index (κ2) is 8.15. The smallest absolute Gasteiger partial charge is 0.282 e. The van der Waals surface area contributed by atoms with Gasteiger partial charge in [0, 0.05) is 24.4 Å². The van der Waals surface area contributed by atoms with Gasteiger partial charge in [0.2, 0.25) is 5.91 Å². The van der Waals surface area contributed by atoms with E-state index in [1.165, 1.54) is 16.2 Å². The minimum absolute atomic E-state index is 0.125. The van der Waals surface area contributed by atoms with Crippen molar-refractivity contribution in [2.45, 2.75) is 38.2 Å². The van der Waals surface area contributed by atoms with E-state index in [9.17, 15) is 27.2 Å². The summed E-state index contributed by atoms with van der Waals surface area (Å²) in [5.74, 6) is -0.327. The van der Waals surface area contributed by atoms with Gasteiger partial charge >= 0.3 is 0 Å². The Morgan fingerprint density at radius 3 is 2.52 bits per heavy atom. The molecule has 2 aromatic heterocycles. The first kappa shape index (κ1) is 19.5. The highest BCUT2D eigenvalue weighted by Crippen LogP contribution is 2.30. The zero-order valence-corrected chi connectivity index (χ0v) is 14.8. The Labute approximate surface area is 155 Å². The molecule has 0 atom stereocenters. The summed E-state index contributed by atoms with van der Waals surface area (Å²) in [5, 5.41) is 5.94. The van der Waals surface area contributed by atoms with Crippen LogP contribution in [0, 0.1) is 0 Å². The fraction of sp³-hybridized carbons (Fsp3) is 0.500. The molecule has 0 aliphatic carbocycles. The van der Waals surface area contributed by atoms with Crippen molar-refractivity contribution in [1.82, 2.24) is 19.7 Å². The van der Waals surface area contributed by atoms with Gasteiger partial charge in [0.1, 0.15) is 23.6 Å². The predicted molar refractivity (Wildman–Crippen MR) is 88.2 cm³/mol. The third-order valence-corrected chi connectivity index (χ3v) is 5.44. The normalized spacial score (nSPS) is 15.7. The maximum absolute atomic E-state index is 13.0. The molecule has 0 unspecified atom stereocenters. The zero-order chi connectivity index (χ0) is 19.6. The van der Waals surface area contributed by atoms with Crippen molar-refractivity contribution >= 4 is 23.5 Å². The number of carbonyl (C=O) groups is 2. The standard InChI is InChI=1S/C16H16F4N4O2S/c17-14(18)11-5-12(15(19)20)24(22-11)6-13(26)23-3-1-9(2-4-23)16-21-10(7-25)8-27-16/h5,7-9,14-15H,1-4,6H2. The van der Waals surface area contributed by atoms with Gasteiger partial charge in [-0.2, -0.15) is 5.10 Å². The van der Waals surface area contributed by atoms with E-state index in [2.05, 4.69) is 10.1 Å². The average molecular weight is 404 g/mol. The van der Waals surface area contributed by atoms with Crippen LogP contribution in [0.1, 0.15) is 58.5 Å². The molecule has 1 saturated heterocycles. The lowest BCUT2D eigenvalue weighted by Crippen LogP contribution is -2.40. The molecule has 11 heteroatoms. The molecular weight excluding hydrogens is 388 g/mol. The van der Waals surface area contributed by atoms with E-state index in [0.29, 0.717) is 48.7 Å². The molecule has 0 N–H and O–H groups in total. The molecule has 1 aliphatic rings. The van der Waals surface area contributed by atoms with Gasteiger partial charge in [-0.05, 0) is 18.9 Å². The number of rotatable bonds is 6. The fourth-order valence-electron chi connectivity index (χ4n) is 3.01. The first-order chi connectivity index (χ1) is 12.9. The van der Waals surface area contributed by atoms with Gasteiger partial charge in [0.25, 0.3) is 12.9 Å². The van der Waals surface area contributed by atoms with Gasteiger partial charge in [0.05, 0.1) is 5.01 Å². The topological polar surface area (TPSA) is 68.1 Å². The summed E-state index contributed by atoms with van der Waals surface area (Å²) in [6.07, 6.45) is -4.05. The molecule has 3 heterocycles. The molecule has 0 spiro atoms. The first-order valence-corrected chi connectivity index (χ1v) is 9.09. The van der Waals surface area contributed by atoms with E-state index in [0.717, 1.165) is 5.01 Å². The number of likely N-dealkylation sites (tertiary alicyclic amines) is 1. The van der Waals surface area contributed by atoms with Crippen molar-refractivity contribution in [2.24, 2.45) is 0 Å². The van der Waals surface area contributed by atoms with Crippen molar-refractivity contribution in [3.8, 4) is 0 Å². The number of hydrogen-bond acceptors (Lipinski definition) is 5. The van der Waals surface area contributed by atoms with Crippen LogP contribution in [-0.2, 0) is 11.3 Å². The summed E-state index contributed by atoms with van der Waals surface area (Å²) < 4.78 is 52.1. The lowest BCUT2D eigenvalue weighted by Gasteiger charge is -2.31. The van der Waals surface area contributed by atoms with Gasteiger partial charge in [-0.3, -0.25) is 14.3 Å². The van der Waals surface area contributed by atoms with E-state index >= 15 is 0 Å². The Kier molecular flexibility index (Phi) is 5.88. The molecule has 146 valence electrons. The highest BCUT2D eigenvalue weighted by atomic mass is 32.1. The SMILES string of the molecule is O=Cc1csc(C2CCN(C(=O)Cn3nc(C(F)F)cc3C(F)F)CC2)n1. The first-order valence-electron chi connectivity index (χ1n) is 8.21. The fourth-order valence-corrected chi connectivity index (χ4v) is 3.94. The number of amides is 1. The Morgan fingerprint density at radius 2 is 1.96 bits per heavy atom. The lowest BCUT2D eigenvalue weighted by atomic mass is 9.97. The third-order valence-electron chi connectivity index (χ3n) is 4.42. The van der Waals surface area contributed by atoms with Crippen molar-refractivity contribution in [3.05, 3.63) is 33.5 Å². The van der Waals surface area contributed by atoms with E-state index in [1.807, 2.05) is 0 Å². The number of carbonyl (C=O) groups excluding carboxylic acids is 2. The van der Waals surface area contributed by atoms with Crippen molar-refractivity contribution < 1.29 is 27.2 Å². The second-order valence-corrected chi connectivity index (χ2v) is 7.03. The van der Waals surface area contributed by atoms with Crippen LogP contribution in [0.4, 0.5) is 17.6 Å². The van der Waals surface area contributed by atoms with Crippen molar-refractivity contribution in [2.75, 3.05) is 13.1 Å². The summed E-state index contributed by atoms with van der Waals surface area (Å²) in [7, 11) is 0. The van der Waals surface area contributed by atoms with Gasteiger partial charge in [-0.1, -0.05) is 0 Å². The Bertz CT molecular complexity index is 815. The summed E-state index contributed by atoms with van der Waals surface area (Å²) in [4.78, 5) is 28.8. The Hall–Kier alpha value is -2.30. The van der Waals surface area contributed by atoms with E-state index in [1.54, 1.807) is 5.38 Å². The lowest BCUT2D eigenvalue weighted by molar-refractivity contribution is -0.133. The van der Waals surface area contributed by atoms with Crippen LogP contribution in [-0.4, -0.2) is 44.9 Å². The largest absolute Gasteiger partial charge is 0.341 e. The molecule has 1 fully saturated rings. The molecule has 0 bridgehead atoms. The number of piperidine rings is 1. The molecule has 2 aromatic rings. The number of alkyl halides is 4. The number of thiazole rings is 1. The Morgan fingerprint density at radius 1 is 1.26 bits per heavy atom. The van der Waals surface area contributed by atoms with Crippen molar-refractivity contribution in [1.29, 1.82) is 0 Å². The number of nitrogens with zero attached hydrogens (tertiary/aromatic N) is 4. The molecule has 6 nitrogen and oxygen atoms in total. The van der Waals surface area contributed by atoms with Crippen LogP contribution in [0.15, 0.2) is 11.4 Å². The molecule has 1 amide bonds. The predicted octanol–water partition coefficient (Wildman–Crippen LogP) is 3.43. The molecule has 1 aliphatic heterocycles. The highest BCUT2D eigenvalue weighted by Gasteiger charge is 2.28. The maximum Gasteiger partial charge on any atom is 0.282 e. The van der Waals surface area contributed by atoms with Crippen LogP contribution >= 0.6 is 11.3 Å². The number of hydrogen-bond donors (Lipinski definition) is 0. The summed E-state index contributed by atoms with van der Waals surface area (Å²) in [5.41, 5.74) is -1.09. The second-order valence-electron chi connectivity index (χ2n) is 6.14. The zero-order valence-electron chi connectivity index (χ0n) is 14.0. The molecular formula is C16H16F4N4O2S. The summed E-state index contributed by atoms with van der Waals surface area (Å²) >= 11 is 1.39. The number of aromatic nitrogens is 3. The van der Waals surface area contributed by atoms with Gasteiger partial charge in [-0.15, -0.1) is 11.3 Å². The molecule has 0 aromatic carbocycles. The minimum atomic E-state index is -3.00. The molecule has 27 heavy (non-hydrogen) atoms. The van der Waals surface area contributed by atoms with Gasteiger partial charge in [-0.25, -0.2) is 22.5 Å². The minimum Gasteiger partial charge on any atom is -0.341 e. The van der Waals surface area contributed by atoms with Crippen LogP contribution in [0.5, 0.6) is 0 Å². The van der Waals surface area contributed by atoms with Crippen LogP contribution < -0.4 is 0 Å². The van der Waals surface area contributed by atoms with Gasteiger partial charge < -0.3 is 4.90 Å².